The van der Waals surface area contributed by atoms with Crippen LogP contribution in [0.15, 0.2) is 42.5 Å². The highest BCUT2D eigenvalue weighted by atomic mass is 16.5. The first kappa shape index (κ1) is 14.1. The van der Waals surface area contributed by atoms with E-state index in [9.17, 15) is 4.79 Å². The molecule has 1 heterocycles. The minimum Gasteiger partial charge on any atom is -0.487 e. The van der Waals surface area contributed by atoms with Crippen LogP contribution in [0.1, 0.15) is 21.7 Å². The summed E-state index contributed by atoms with van der Waals surface area (Å²) in [7, 11) is 0. The standard InChI is InChI=1S/C16H16N4O2/c1-10-15(16(21)18-17)14(20-19-10)9-22-13-7-6-11-4-2-3-5-12(11)8-13/h2-8H,9,17H2,1H3,(H,18,21)(H,19,20). The number of aryl methyl sites for hydroxylation is 1. The Morgan fingerprint density at radius 3 is 2.82 bits per heavy atom. The Morgan fingerprint density at radius 1 is 1.27 bits per heavy atom. The molecule has 0 aliphatic heterocycles. The second kappa shape index (κ2) is 5.87. The lowest BCUT2D eigenvalue weighted by Gasteiger charge is -2.07. The quantitative estimate of drug-likeness (QED) is 0.390. The zero-order valence-corrected chi connectivity index (χ0v) is 12.1. The minimum atomic E-state index is -0.386. The summed E-state index contributed by atoms with van der Waals surface area (Å²) in [5, 5.41) is 9.11. The maximum absolute atomic E-state index is 11.8. The summed E-state index contributed by atoms with van der Waals surface area (Å²) in [5.74, 6) is 5.52. The first-order valence-electron chi connectivity index (χ1n) is 6.85. The van der Waals surface area contributed by atoms with E-state index in [0.29, 0.717) is 17.0 Å². The second-order valence-corrected chi connectivity index (χ2v) is 4.94. The summed E-state index contributed by atoms with van der Waals surface area (Å²) in [6.45, 7) is 1.95. The predicted octanol–water partition coefficient (Wildman–Crippen LogP) is 2.05. The zero-order chi connectivity index (χ0) is 15.5. The van der Waals surface area contributed by atoms with Crippen molar-refractivity contribution >= 4 is 16.7 Å². The van der Waals surface area contributed by atoms with Crippen LogP contribution in [0.25, 0.3) is 10.8 Å². The first-order chi connectivity index (χ1) is 10.7. The van der Waals surface area contributed by atoms with Gasteiger partial charge < -0.3 is 4.74 Å². The Morgan fingerprint density at radius 2 is 2.05 bits per heavy atom. The molecule has 0 saturated carbocycles. The van der Waals surface area contributed by atoms with Gasteiger partial charge in [-0.05, 0) is 29.8 Å². The van der Waals surface area contributed by atoms with Crippen molar-refractivity contribution in [2.75, 3.05) is 0 Å². The molecule has 0 aliphatic carbocycles. The molecular weight excluding hydrogens is 280 g/mol. The molecule has 22 heavy (non-hydrogen) atoms. The van der Waals surface area contributed by atoms with Crippen molar-refractivity contribution in [3.63, 3.8) is 0 Å². The highest BCUT2D eigenvalue weighted by molar-refractivity contribution is 5.95. The van der Waals surface area contributed by atoms with Gasteiger partial charge in [-0.15, -0.1) is 0 Å². The van der Waals surface area contributed by atoms with Crippen LogP contribution in [0.2, 0.25) is 0 Å². The van der Waals surface area contributed by atoms with E-state index in [1.807, 2.05) is 42.5 Å². The molecule has 6 heteroatoms. The largest absolute Gasteiger partial charge is 0.487 e. The fraction of sp³-hybridized carbons (Fsp3) is 0.125. The smallest absolute Gasteiger partial charge is 0.269 e. The van der Waals surface area contributed by atoms with Gasteiger partial charge in [-0.25, -0.2) is 5.84 Å². The number of nitrogens with one attached hydrogen (secondary N) is 2. The third-order valence-electron chi connectivity index (χ3n) is 3.48. The monoisotopic (exact) mass is 296 g/mol. The van der Waals surface area contributed by atoms with Gasteiger partial charge in [0, 0.05) is 5.69 Å². The van der Waals surface area contributed by atoms with E-state index >= 15 is 0 Å². The highest BCUT2D eigenvalue weighted by Crippen LogP contribution is 2.22. The van der Waals surface area contributed by atoms with Gasteiger partial charge in [-0.1, -0.05) is 30.3 Å². The molecule has 3 rings (SSSR count). The maximum atomic E-state index is 11.8. The number of hydrogen-bond donors (Lipinski definition) is 3. The summed E-state index contributed by atoms with van der Waals surface area (Å²) >= 11 is 0. The second-order valence-electron chi connectivity index (χ2n) is 4.94. The summed E-state index contributed by atoms with van der Waals surface area (Å²) in [4.78, 5) is 11.8. The fourth-order valence-corrected chi connectivity index (χ4v) is 2.37. The molecule has 3 aromatic rings. The van der Waals surface area contributed by atoms with E-state index in [-0.39, 0.29) is 12.5 Å². The number of aromatic amines is 1. The topological polar surface area (TPSA) is 93.0 Å². The van der Waals surface area contributed by atoms with Crippen LogP contribution in [0.5, 0.6) is 5.75 Å². The van der Waals surface area contributed by atoms with Gasteiger partial charge in [0.15, 0.2) is 0 Å². The normalized spacial score (nSPS) is 10.6. The SMILES string of the molecule is Cc1[nH]nc(COc2ccc3ccccc3c2)c1C(=O)NN. The van der Waals surface area contributed by atoms with Crippen molar-refractivity contribution in [1.29, 1.82) is 0 Å². The van der Waals surface area contributed by atoms with Crippen molar-refractivity contribution in [2.24, 2.45) is 5.84 Å². The van der Waals surface area contributed by atoms with Gasteiger partial charge in [0.05, 0.1) is 5.56 Å². The summed E-state index contributed by atoms with van der Waals surface area (Å²) < 4.78 is 5.75. The number of carbonyl (C=O) groups is 1. The number of nitrogens with two attached hydrogens (primary N) is 1. The number of nitrogens with zero attached hydrogens (tertiary/aromatic N) is 1. The first-order valence-corrected chi connectivity index (χ1v) is 6.85. The summed E-state index contributed by atoms with van der Waals surface area (Å²) in [5.41, 5.74) is 3.71. The Balaban J connectivity index is 1.81. The molecule has 2 aromatic carbocycles. The maximum Gasteiger partial charge on any atom is 0.269 e. The van der Waals surface area contributed by atoms with Crippen molar-refractivity contribution in [3.8, 4) is 5.75 Å². The van der Waals surface area contributed by atoms with E-state index in [1.165, 1.54) is 0 Å². The molecule has 0 unspecified atom stereocenters. The minimum absolute atomic E-state index is 0.186. The van der Waals surface area contributed by atoms with Crippen LogP contribution in [0.4, 0.5) is 0 Å². The number of amides is 1. The molecule has 0 aliphatic rings. The number of fused-ring (bicyclic) bond motifs is 1. The number of carbonyl (C=O) groups excluding carboxylic acids is 1. The van der Waals surface area contributed by atoms with Crippen molar-refractivity contribution in [3.05, 3.63) is 59.4 Å². The van der Waals surface area contributed by atoms with Crippen LogP contribution in [0.3, 0.4) is 0 Å². The Labute approximate surface area is 127 Å². The molecule has 112 valence electrons. The van der Waals surface area contributed by atoms with Gasteiger partial charge >= 0.3 is 0 Å². The molecule has 0 bridgehead atoms. The van der Waals surface area contributed by atoms with Crippen LogP contribution in [0, 0.1) is 6.92 Å². The number of hydrazine groups is 1. The highest BCUT2D eigenvalue weighted by Gasteiger charge is 2.17. The van der Waals surface area contributed by atoms with Crippen LogP contribution in [-0.2, 0) is 6.61 Å². The van der Waals surface area contributed by atoms with E-state index in [0.717, 1.165) is 16.5 Å². The van der Waals surface area contributed by atoms with Gasteiger partial charge in [-0.3, -0.25) is 15.3 Å². The fourth-order valence-electron chi connectivity index (χ4n) is 2.37. The lowest BCUT2D eigenvalue weighted by atomic mass is 10.1. The van der Waals surface area contributed by atoms with Crippen molar-refractivity contribution in [1.82, 2.24) is 15.6 Å². The van der Waals surface area contributed by atoms with Crippen LogP contribution >= 0.6 is 0 Å². The summed E-state index contributed by atoms with van der Waals surface area (Å²) in [6.07, 6.45) is 0. The molecular formula is C16H16N4O2. The van der Waals surface area contributed by atoms with Crippen LogP contribution < -0.4 is 16.0 Å². The number of nitrogen functional groups attached to an aromatic ring is 1. The lowest BCUT2D eigenvalue weighted by molar-refractivity contribution is 0.0950. The lowest BCUT2D eigenvalue weighted by Crippen LogP contribution is -2.31. The van der Waals surface area contributed by atoms with E-state index < -0.39 is 0 Å². The molecule has 0 atom stereocenters. The van der Waals surface area contributed by atoms with Crippen molar-refractivity contribution in [2.45, 2.75) is 13.5 Å². The van der Waals surface area contributed by atoms with Gasteiger partial charge in [0.25, 0.3) is 5.91 Å². The molecule has 6 nitrogen and oxygen atoms in total. The molecule has 0 saturated heterocycles. The molecule has 0 radical (unpaired) electrons. The third kappa shape index (κ3) is 2.64. The van der Waals surface area contributed by atoms with E-state index in [1.54, 1.807) is 6.92 Å². The van der Waals surface area contributed by atoms with Gasteiger partial charge in [-0.2, -0.15) is 5.10 Å². The number of hydrogen-bond acceptors (Lipinski definition) is 4. The molecule has 1 amide bonds. The summed E-state index contributed by atoms with van der Waals surface area (Å²) in [6, 6.07) is 13.9. The Kier molecular flexibility index (Phi) is 3.76. The Hall–Kier alpha value is -2.86. The number of rotatable bonds is 4. The average molecular weight is 296 g/mol. The van der Waals surface area contributed by atoms with E-state index in [2.05, 4.69) is 15.6 Å². The van der Waals surface area contributed by atoms with E-state index in [4.69, 9.17) is 10.6 Å². The number of benzene rings is 2. The van der Waals surface area contributed by atoms with Gasteiger partial charge in [0.2, 0.25) is 0 Å². The predicted molar refractivity (Wildman–Crippen MR) is 83.3 cm³/mol. The van der Waals surface area contributed by atoms with Crippen molar-refractivity contribution < 1.29 is 9.53 Å². The number of H-pyrrole nitrogens is 1. The zero-order valence-electron chi connectivity index (χ0n) is 12.1. The van der Waals surface area contributed by atoms with Gasteiger partial charge in [0.1, 0.15) is 18.1 Å². The molecule has 1 aromatic heterocycles. The third-order valence-corrected chi connectivity index (χ3v) is 3.48. The molecule has 4 N–H and O–H groups in total. The average Bonchev–Trinajstić information content (AvgIpc) is 2.92. The number of aromatic nitrogens is 2. The molecule has 0 spiro atoms. The number of ether oxygens (including phenoxy) is 1. The van der Waals surface area contributed by atoms with Crippen LogP contribution in [-0.4, -0.2) is 16.1 Å². The Bertz CT molecular complexity index is 826. The molecule has 0 fully saturated rings.